The number of para-hydroxylation sites is 1. The lowest BCUT2D eigenvalue weighted by molar-refractivity contribution is -0.138. The van der Waals surface area contributed by atoms with Crippen molar-refractivity contribution < 1.29 is 14.3 Å². The van der Waals surface area contributed by atoms with Gasteiger partial charge in [-0.2, -0.15) is 0 Å². The first-order valence-electron chi connectivity index (χ1n) is 9.02. The molecule has 5 rings (SSSR count). The van der Waals surface area contributed by atoms with E-state index >= 15 is 0 Å². The van der Waals surface area contributed by atoms with E-state index in [9.17, 15) is 9.59 Å². The number of hydrogen-bond donors (Lipinski definition) is 1. The molecule has 4 atom stereocenters. The molecule has 2 saturated heterocycles. The second-order valence-electron chi connectivity index (χ2n) is 7.74. The molecule has 1 spiro atoms. The standard InChI is InChI=1S/C20H22N2O3/c1-11(23)13-10-22-8-7-20-14-5-3-4-6-15(14)21-18(20)17(19(24)25-2)12(13)9-16(20)22/h3-6,12-13,16,21H,7-10H2,1-2H3/t12-,13+,16-,20?/m0/s1. The minimum Gasteiger partial charge on any atom is -0.466 e. The smallest absolute Gasteiger partial charge is 0.335 e. The fourth-order valence-corrected chi connectivity index (χ4v) is 5.86. The highest BCUT2D eigenvalue weighted by atomic mass is 16.5. The molecule has 0 amide bonds. The number of piperidine rings is 1. The highest BCUT2D eigenvalue weighted by molar-refractivity contribution is 5.95. The van der Waals surface area contributed by atoms with Crippen LogP contribution in [-0.4, -0.2) is 42.9 Å². The molecule has 2 fully saturated rings. The minimum atomic E-state index is -0.287. The molecule has 0 saturated carbocycles. The number of ether oxygens (including phenoxy) is 1. The quantitative estimate of drug-likeness (QED) is 0.837. The largest absolute Gasteiger partial charge is 0.466 e. The van der Waals surface area contributed by atoms with Crippen LogP contribution in [0.15, 0.2) is 35.5 Å². The Kier molecular flexibility index (Phi) is 2.99. The Morgan fingerprint density at radius 1 is 1.32 bits per heavy atom. The van der Waals surface area contributed by atoms with Gasteiger partial charge in [-0.25, -0.2) is 4.79 Å². The number of Topliss-reactive ketones (excluding diaryl/α,β-unsaturated/α-hetero) is 1. The van der Waals surface area contributed by atoms with Crippen LogP contribution in [0.25, 0.3) is 0 Å². The van der Waals surface area contributed by atoms with Crippen LogP contribution in [-0.2, 0) is 19.7 Å². The van der Waals surface area contributed by atoms with Crippen LogP contribution in [0.1, 0.15) is 25.3 Å². The number of benzene rings is 1. The Bertz CT molecular complexity index is 830. The van der Waals surface area contributed by atoms with Gasteiger partial charge in [0.05, 0.1) is 18.1 Å². The van der Waals surface area contributed by atoms with E-state index < -0.39 is 0 Å². The fourth-order valence-electron chi connectivity index (χ4n) is 5.86. The maximum Gasteiger partial charge on any atom is 0.335 e. The van der Waals surface area contributed by atoms with E-state index in [0.717, 1.165) is 37.3 Å². The van der Waals surface area contributed by atoms with E-state index in [1.165, 1.54) is 12.7 Å². The van der Waals surface area contributed by atoms with Crippen LogP contribution in [0.3, 0.4) is 0 Å². The third-order valence-electron chi connectivity index (χ3n) is 6.88. The molecule has 5 heteroatoms. The SMILES string of the molecule is COC(=O)C1=C2Nc3ccccc3C23CCN2C[C@H](C(C)=O)[C@@H]1C[C@H]23. The second-order valence-corrected chi connectivity index (χ2v) is 7.74. The summed E-state index contributed by atoms with van der Waals surface area (Å²) < 4.78 is 5.16. The van der Waals surface area contributed by atoms with Crippen molar-refractivity contribution in [3.05, 3.63) is 41.1 Å². The third kappa shape index (κ3) is 1.72. The fraction of sp³-hybridized carbons (Fsp3) is 0.500. The predicted octanol–water partition coefficient (Wildman–Crippen LogP) is 2.09. The minimum absolute atomic E-state index is 0.0470. The summed E-state index contributed by atoms with van der Waals surface area (Å²) in [4.78, 5) is 27.5. The van der Waals surface area contributed by atoms with Gasteiger partial charge >= 0.3 is 5.97 Å². The lowest BCUT2D eigenvalue weighted by Gasteiger charge is -2.50. The first-order valence-corrected chi connectivity index (χ1v) is 9.02. The normalized spacial score (nSPS) is 35.0. The number of anilines is 1. The van der Waals surface area contributed by atoms with Crippen molar-refractivity contribution in [3.8, 4) is 0 Å². The maximum absolute atomic E-state index is 12.8. The molecule has 3 aliphatic heterocycles. The molecule has 1 aromatic carbocycles. The molecule has 1 aliphatic carbocycles. The van der Waals surface area contributed by atoms with E-state index in [4.69, 9.17) is 4.74 Å². The van der Waals surface area contributed by atoms with Crippen molar-refractivity contribution in [3.63, 3.8) is 0 Å². The van der Waals surface area contributed by atoms with Crippen LogP contribution in [0, 0.1) is 11.8 Å². The maximum atomic E-state index is 12.8. The third-order valence-corrected chi connectivity index (χ3v) is 6.88. The summed E-state index contributed by atoms with van der Waals surface area (Å²) in [5.74, 6) is -0.293. The van der Waals surface area contributed by atoms with Crippen LogP contribution in [0.5, 0.6) is 0 Å². The second kappa shape index (κ2) is 4.94. The zero-order chi connectivity index (χ0) is 17.3. The number of carbonyl (C=O) groups is 2. The molecule has 3 heterocycles. The Morgan fingerprint density at radius 3 is 2.88 bits per heavy atom. The van der Waals surface area contributed by atoms with E-state index in [1.54, 1.807) is 6.92 Å². The van der Waals surface area contributed by atoms with Crippen molar-refractivity contribution in [2.45, 2.75) is 31.2 Å². The summed E-state index contributed by atoms with van der Waals surface area (Å²) in [6, 6.07) is 8.72. The van der Waals surface area contributed by atoms with Crippen molar-refractivity contribution in [2.75, 3.05) is 25.5 Å². The summed E-state index contributed by atoms with van der Waals surface area (Å²) in [5, 5.41) is 3.55. The molecule has 2 bridgehead atoms. The van der Waals surface area contributed by atoms with E-state index in [0.29, 0.717) is 11.6 Å². The van der Waals surface area contributed by atoms with Crippen LogP contribution in [0.2, 0.25) is 0 Å². The molecule has 1 N–H and O–H groups in total. The van der Waals surface area contributed by atoms with Gasteiger partial charge in [0, 0.05) is 35.8 Å². The Labute approximate surface area is 147 Å². The summed E-state index contributed by atoms with van der Waals surface area (Å²) >= 11 is 0. The number of nitrogens with zero attached hydrogens (tertiary/aromatic N) is 1. The van der Waals surface area contributed by atoms with Gasteiger partial charge < -0.3 is 10.1 Å². The van der Waals surface area contributed by atoms with Crippen LogP contribution < -0.4 is 5.32 Å². The Morgan fingerprint density at radius 2 is 2.12 bits per heavy atom. The number of hydrogen-bond acceptors (Lipinski definition) is 5. The molecule has 0 radical (unpaired) electrons. The van der Waals surface area contributed by atoms with Crippen molar-refractivity contribution in [2.24, 2.45) is 11.8 Å². The molecule has 5 nitrogen and oxygen atoms in total. The van der Waals surface area contributed by atoms with Gasteiger partial charge in [0.1, 0.15) is 5.78 Å². The number of fused-ring (bicyclic) bond motifs is 2. The topological polar surface area (TPSA) is 58.6 Å². The van der Waals surface area contributed by atoms with Gasteiger partial charge in [-0.1, -0.05) is 18.2 Å². The number of nitrogens with one attached hydrogen (secondary N) is 1. The van der Waals surface area contributed by atoms with Crippen LogP contribution in [0.4, 0.5) is 5.69 Å². The molecule has 4 aliphatic rings. The van der Waals surface area contributed by atoms with Gasteiger partial charge in [0.25, 0.3) is 0 Å². The van der Waals surface area contributed by atoms with Gasteiger partial charge in [-0.15, -0.1) is 0 Å². The summed E-state index contributed by atoms with van der Waals surface area (Å²) in [5.41, 5.74) is 3.93. The molecule has 0 aromatic heterocycles. The molecule has 25 heavy (non-hydrogen) atoms. The summed E-state index contributed by atoms with van der Waals surface area (Å²) in [6.45, 7) is 3.37. The lowest BCUT2D eigenvalue weighted by atomic mass is 9.60. The molecule has 1 aromatic rings. The number of carbonyl (C=O) groups excluding carboxylic acids is 2. The van der Waals surface area contributed by atoms with Crippen molar-refractivity contribution in [1.29, 1.82) is 0 Å². The Hall–Kier alpha value is -2.14. The van der Waals surface area contributed by atoms with Gasteiger partial charge in [0.15, 0.2) is 0 Å². The van der Waals surface area contributed by atoms with Gasteiger partial charge in [0.2, 0.25) is 0 Å². The first-order chi connectivity index (χ1) is 12.1. The van der Waals surface area contributed by atoms with E-state index in [-0.39, 0.29) is 29.0 Å². The molecular formula is C20H22N2O3. The monoisotopic (exact) mass is 338 g/mol. The predicted molar refractivity (Wildman–Crippen MR) is 93.0 cm³/mol. The highest BCUT2D eigenvalue weighted by Gasteiger charge is 2.63. The lowest BCUT2D eigenvalue weighted by Crippen LogP contribution is -2.56. The number of ketones is 1. The average molecular weight is 338 g/mol. The van der Waals surface area contributed by atoms with Crippen molar-refractivity contribution in [1.82, 2.24) is 4.90 Å². The number of esters is 1. The van der Waals surface area contributed by atoms with E-state index in [1.807, 2.05) is 6.07 Å². The summed E-state index contributed by atoms with van der Waals surface area (Å²) in [7, 11) is 1.43. The van der Waals surface area contributed by atoms with Crippen LogP contribution >= 0.6 is 0 Å². The first kappa shape index (κ1) is 15.1. The average Bonchev–Trinajstić information content (AvgIpc) is 3.17. The van der Waals surface area contributed by atoms with E-state index in [2.05, 4.69) is 28.4 Å². The van der Waals surface area contributed by atoms with Gasteiger partial charge in [-0.05, 0) is 37.9 Å². The van der Waals surface area contributed by atoms with Crippen molar-refractivity contribution >= 4 is 17.4 Å². The Balaban J connectivity index is 1.79. The van der Waals surface area contributed by atoms with Gasteiger partial charge in [-0.3, -0.25) is 9.69 Å². The molecule has 1 unspecified atom stereocenters. The molecular weight excluding hydrogens is 316 g/mol. The zero-order valence-corrected chi connectivity index (χ0v) is 14.5. The number of methoxy groups -OCH3 is 1. The highest BCUT2D eigenvalue weighted by Crippen LogP contribution is 2.61. The molecule has 130 valence electrons. The zero-order valence-electron chi connectivity index (χ0n) is 14.5. The number of rotatable bonds is 2. The summed E-state index contributed by atoms with van der Waals surface area (Å²) in [6.07, 6.45) is 1.84.